The summed E-state index contributed by atoms with van der Waals surface area (Å²) in [5, 5.41) is 12.5. The summed E-state index contributed by atoms with van der Waals surface area (Å²) in [6.07, 6.45) is 0. The third-order valence-electron chi connectivity index (χ3n) is 2.86. The van der Waals surface area contributed by atoms with Gasteiger partial charge in [0.1, 0.15) is 6.61 Å². The number of aryl methyl sites for hydroxylation is 1. The van der Waals surface area contributed by atoms with Gasteiger partial charge in [0.05, 0.1) is 4.90 Å². The number of thiophene rings is 1. The number of aliphatic hydroxyl groups excluding tert-OH is 1. The Morgan fingerprint density at radius 3 is 2.76 bits per heavy atom. The van der Waals surface area contributed by atoms with E-state index in [-0.39, 0.29) is 18.0 Å². The van der Waals surface area contributed by atoms with Gasteiger partial charge in [-0.15, -0.1) is 0 Å². The highest BCUT2D eigenvalue weighted by molar-refractivity contribution is 7.89. The highest BCUT2D eigenvalue weighted by Crippen LogP contribution is 2.15. The van der Waals surface area contributed by atoms with Gasteiger partial charge < -0.3 is 5.11 Å². The molecule has 0 aliphatic heterocycles. The van der Waals surface area contributed by atoms with E-state index in [9.17, 15) is 8.42 Å². The molecule has 0 aliphatic rings. The van der Waals surface area contributed by atoms with Crippen molar-refractivity contribution in [3.63, 3.8) is 0 Å². The molecular formula is C15H15NO3S2. The molecule has 4 nitrogen and oxygen atoms in total. The first-order valence-electron chi connectivity index (χ1n) is 6.24. The largest absolute Gasteiger partial charge is 0.384 e. The fourth-order valence-corrected chi connectivity index (χ4v) is 3.50. The van der Waals surface area contributed by atoms with Crippen LogP contribution in [0.4, 0.5) is 0 Å². The lowest BCUT2D eigenvalue weighted by atomic mass is 10.1. The predicted octanol–water partition coefficient (Wildman–Crippen LogP) is 1.88. The number of rotatable bonds is 4. The molecule has 21 heavy (non-hydrogen) atoms. The quantitative estimate of drug-likeness (QED) is 0.845. The van der Waals surface area contributed by atoms with Gasteiger partial charge in [0.15, 0.2) is 0 Å². The predicted molar refractivity (Wildman–Crippen MR) is 83.5 cm³/mol. The SMILES string of the molecule is Cc1cc(S(=O)(=O)NCc2ccsc2)ccc1C#CCO. The van der Waals surface area contributed by atoms with Gasteiger partial charge in [-0.25, -0.2) is 13.1 Å². The second kappa shape index (κ2) is 6.87. The third-order valence-corrected chi connectivity index (χ3v) is 4.99. The summed E-state index contributed by atoms with van der Waals surface area (Å²) in [5.41, 5.74) is 2.40. The van der Waals surface area contributed by atoms with Crippen molar-refractivity contribution in [2.24, 2.45) is 0 Å². The molecule has 0 saturated heterocycles. The highest BCUT2D eigenvalue weighted by Gasteiger charge is 2.14. The van der Waals surface area contributed by atoms with E-state index in [1.165, 1.54) is 17.4 Å². The smallest absolute Gasteiger partial charge is 0.240 e. The fourth-order valence-electron chi connectivity index (χ4n) is 1.73. The Kier molecular flexibility index (Phi) is 5.15. The molecule has 0 fully saturated rings. The van der Waals surface area contributed by atoms with Crippen molar-refractivity contribution < 1.29 is 13.5 Å². The molecule has 2 rings (SSSR count). The monoisotopic (exact) mass is 321 g/mol. The summed E-state index contributed by atoms with van der Waals surface area (Å²) < 4.78 is 27.0. The minimum absolute atomic E-state index is 0.213. The van der Waals surface area contributed by atoms with E-state index >= 15 is 0 Å². The Balaban J connectivity index is 2.18. The summed E-state index contributed by atoms with van der Waals surface area (Å²) in [5.74, 6) is 5.33. The zero-order valence-corrected chi connectivity index (χ0v) is 13.1. The summed E-state index contributed by atoms with van der Waals surface area (Å²) >= 11 is 1.53. The van der Waals surface area contributed by atoms with E-state index < -0.39 is 10.0 Å². The van der Waals surface area contributed by atoms with Crippen LogP contribution in [-0.4, -0.2) is 20.1 Å². The molecule has 2 aromatic rings. The molecule has 6 heteroatoms. The van der Waals surface area contributed by atoms with Crippen LogP contribution in [0.15, 0.2) is 39.9 Å². The summed E-state index contributed by atoms with van der Waals surface area (Å²) in [4.78, 5) is 0.213. The average molecular weight is 321 g/mol. The van der Waals surface area contributed by atoms with Crippen molar-refractivity contribution in [1.29, 1.82) is 0 Å². The van der Waals surface area contributed by atoms with Crippen molar-refractivity contribution in [2.75, 3.05) is 6.61 Å². The lowest BCUT2D eigenvalue weighted by molar-refractivity contribution is 0.350. The van der Waals surface area contributed by atoms with Crippen molar-refractivity contribution in [1.82, 2.24) is 4.72 Å². The van der Waals surface area contributed by atoms with Gasteiger partial charge >= 0.3 is 0 Å². The Bertz CT molecular complexity index is 769. The first kappa shape index (κ1) is 15.7. The second-order valence-electron chi connectivity index (χ2n) is 4.39. The minimum atomic E-state index is -3.54. The van der Waals surface area contributed by atoms with Gasteiger partial charge in [0.2, 0.25) is 10.0 Å². The minimum Gasteiger partial charge on any atom is -0.384 e. The summed E-state index contributed by atoms with van der Waals surface area (Å²) in [7, 11) is -3.54. The van der Waals surface area contributed by atoms with Crippen LogP contribution in [0.1, 0.15) is 16.7 Å². The maximum Gasteiger partial charge on any atom is 0.240 e. The van der Waals surface area contributed by atoms with Crippen LogP contribution >= 0.6 is 11.3 Å². The zero-order valence-electron chi connectivity index (χ0n) is 11.5. The van der Waals surface area contributed by atoms with Gasteiger partial charge in [0, 0.05) is 12.1 Å². The Morgan fingerprint density at radius 1 is 1.33 bits per heavy atom. The van der Waals surface area contributed by atoms with Crippen LogP contribution in [-0.2, 0) is 16.6 Å². The molecule has 0 saturated carbocycles. The first-order chi connectivity index (χ1) is 10.0. The molecular weight excluding hydrogens is 306 g/mol. The van der Waals surface area contributed by atoms with E-state index in [2.05, 4.69) is 16.6 Å². The van der Waals surface area contributed by atoms with E-state index in [1.54, 1.807) is 19.1 Å². The molecule has 1 heterocycles. The molecule has 0 atom stereocenters. The first-order valence-corrected chi connectivity index (χ1v) is 8.66. The normalized spacial score (nSPS) is 11.0. The summed E-state index contributed by atoms with van der Waals surface area (Å²) in [6.45, 7) is 1.85. The van der Waals surface area contributed by atoms with Gasteiger partial charge in [-0.1, -0.05) is 11.8 Å². The lowest BCUT2D eigenvalue weighted by Gasteiger charge is -2.07. The molecule has 0 amide bonds. The van der Waals surface area contributed by atoms with Crippen molar-refractivity contribution in [3.05, 3.63) is 51.7 Å². The van der Waals surface area contributed by atoms with Crippen LogP contribution in [0, 0.1) is 18.8 Å². The summed E-state index contributed by atoms with van der Waals surface area (Å²) in [6, 6.07) is 6.63. The van der Waals surface area contributed by atoms with Gasteiger partial charge in [-0.05, 0) is 53.1 Å². The molecule has 0 aliphatic carbocycles. The van der Waals surface area contributed by atoms with Crippen LogP contribution in [0.5, 0.6) is 0 Å². The van der Waals surface area contributed by atoms with E-state index in [1.807, 2.05) is 16.8 Å². The van der Waals surface area contributed by atoms with Gasteiger partial charge in [-0.3, -0.25) is 0 Å². The number of hydrogen-bond donors (Lipinski definition) is 2. The third kappa shape index (κ3) is 4.16. The Morgan fingerprint density at radius 2 is 2.14 bits per heavy atom. The second-order valence-corrected chi connectivity index (χ2v) is 6.94. The van der Waals surface area contributed by atoms with Crippen LogP contribution in [0.3, 0.4) is 0 Å². The number of hydrogen-bond acceptors (Lipinski definition) is 4. The Hall–Kier alpha value is -1.65. The maximum atomic E-state index is 12.2. The van der Waals surface area contributed by atoms with Crippen LogP contribution in [0.2, 0.25) is 0 Å². The zero-order chi connectivity index (χ0) is 15.3. The van der Waals surface area contributed by atoms with Crippen LogP contribution in [0.25, 0.3) is 0 Å². The standard InChI is InChI=1S/C15H15NO3S2/c1-12-9-15(5-4-14(12)3-2-7-17)21(18,19)16-10-13-6-8-20-11-13/h4-6,8-9,11,16-17H,7,10H2,1H3. The lowest BCUT2D eigenvalue weighted by Crippen LogP contribution is -2.23. The van der Waals surface area contributed by atoms with E-state index in [0.29, 0.717) is 5.56 Å². The molecule has 2 N–H and O–H groups in total. The highest BCUT2D eigenvalue weighted by atomic mass is 32.2. The van der Waals surface area contributed by atoms with Crippen molar-refractivity contribution in [3.8, 4) is 11.8 Å². The molecule has 0 spiro atoms. The molecule has 0 bridgehead atoms. The van der Waals surface area contributed by atoms with E-state index in [4.69, 9.17) is 5.11 Å². The fraction of sp³-hybridized carbons (Fsp3) is 0.200. The van der Waals surface area contributed by atoms with Crippen molar-refractivity contribution >= 4 is 21.4 Å². The van der Waals surface area contributed by atoms with Gasteiger partial charge in [-0.2, -0.15) is 11.3 Å². The molecule has 0 unspecified atom stereocenters. The maximum absolute atomic E-state index is 12.2. The molecule has 110 valence electrons. The molecule has 1 aromatic carbocycles. The number of aliphatic hydroxyl groups is 1. The average Bonchev–Trinajstić information content (AvgIpc) is 2.97. The number of nitrogens with one attached hydrogen (secondary N) is 1. The topological polar surface area (TPSA) is 66.4 Å². The van der Waals surface area contributed by atoms with E-state index in [0.717, 1.165) is 11.1 Å². The Labute approximate surface area is 128 Å². The van der Waals surface area contributed by atoms with Crippen LogP contribution < -0.4 is 4.72 Å². The van der Waals surface area contributed by atoms with Gasteiger partial charge in [0.25, 0.3) is 0 Å². The number of benzene rings is 1. The number of sulfonamides is 1. The van der Waals surface area contributed by atoms with Crippen molar-refractivity contribution in [2.45, 2.75) is 18.4 Å². The molecule has 1 aromatic heterocycles. The molecule has 0 radical (unpaired) electrons.